The first-order valence-corrected chi connectivity index (χ1v) is 17.2. The maximum absolute atomic E-state index is 10.4. The Morgan fingerprint density at radius 2 is 1.39 bits per heavy atom. The fourth-order valence-corrected chi connectivity index (χ4v) is 8.51. The molecule has 1 aromatic heterocycles. The van der Waals surface area contributed by atoms with Crippen molar-refractivity contribution in [3.05, 3.63) is 179 Å². The van der Waals surface area contributed by atoms with E-state index >= 15 is 0 Å². The summed E-state index contributed by atoms with van der Waals surface area (Å²) in [7, 11) is 0. The van der Waals surface area contributed by atoms with Crippen molar-refractivity contribution in [3.63, 3.8) is 0 Å². The normalized spacial score (nSPS) is 20.0. The Morgan fingerprint density at radius 1 is 0.686 bits per heavy atom. The lowest BCUT2D eigenvalue weighted by Gasteiger charge is -2.35. The molecule has 0 radical (unpaired) electrons. The van der Waals surface area contributed by atoms with Crippen LogP contribution in [0.3, 0.4) is 0 Å². The molecule has 2 heterocycles. The molecule has 0 N–H and O–H groups in total. The predicted octanol–water partition coefficient (Wildman–Crippen LogP) is 10.4. The van der Waals surface area contributed by atoms with Crippen LogP contribution in [0.1, 0.15) is 52.6 Å². The molecule has 51 heavy (non-hydrogen) atoms. The quantitative estimate of drug-likeness (QED) is 0.190. The second kappa shape index (κ2) is 11.6. The maximum atomic E-state index is 10.4. The predicted molar refractivity (Wildman–Crippen MR) is 204 cm³/mol. The van der Waals surface area contributed by atoms with Gasteiger partial charge in [0, 0.05) is 33.4 Å². The number of nitrogens with zero attached hydrogens (tertiary/aromatic N) is 5. The van der Waals surface area contributed by atoms with Crippen molar-refractivity contribution in [2.24, 2.45) is 0 Å². The van der Waals surface area contributed by atoms with E-state index in [1.165, 1.54) is 11.1 Å². The van der Waals surface area contributed by atoms with E-state index < -0.39 is 0 Å². The Kier molecular flexibility index (Phi) is 6.89. The molecule has 0 bridgehead atoms. The molecule has 0 spiro atoms. The van der Waals surface area contributed by atoms with Gasteiger partial charge in [0.15, 0.2) is 0 Å². The van der Waals surface area contributed by atoms with Crippen LogP contribution in [-0.2, 0) is 5.41 Å². The minimum Gasteiger partial charge on any atom is -0.332 e. The van der Waals surface area contributed by atoms with Gasteiger partial charge in [-0.2, -0.15) is 15.8 Å². The topological polar surface area (TPSA) is 79.5 Å². The van der Waals surface area contributed by atoms with Crippen LogP contribution in [-0.4, -0.2) is 10.6 Å². The summed E-state index contributed by atoms with van der Waals surface area (Å²) in [5.74, 6) is 0.0390. The van der Waals surface area contributed by atoms with Crippen molar-refractivity contribution in [3.8, 4) is 23.9 Å². The number of para-hydroxylation sites is 2. The fourth-order valence-electron chi connectivity index (χ4n) is 8.51. The Bertz CT molecular complexity index is 2630. The van der Waals surface area contributed by atoms with Gasteiger partial charge in [-0.1, -0.05) is 85.0 Å². The van der Waals surface area contributed by atoms with Crippen molar-refractivity contribution < 1.29 is 0 Å². The summed E-state index contributed by atoms with van der Waals surface area (Å²) in [5.41, 5.74) is 11.3. The smallest absolute Gasteiger partial charge is 0.101 e. The van der Waals surface area contributed by atoms with Crippen LogP contribution >= 0.6 is 0 Å². The van der Waals surface area contributed by atoms with E-state index in [9.17, 15) is 15.8 Å². The monoisotopic (exact) mass is 653 g/mol. The van der Waals surface area contributed by atoms with E-state index in [0.717, 1.165) is 56.4 Å². The van der Waals surface area contributed by atoms with Crippen molar-refractivity contribution in [2.75, 3.05) is 4.90 Å². The van der Waals surface area contributed by atoms with E-state index in [0.29, 0.717) is 16.7 Å². The van der Waals surface area contributed by atoms with Crippen LogP contribution in [0.2, 0.25) is 0 Å². The number of fused-ring (bicyclic) bond motifs is 6. The van der Waals surface area contributed by atoms with Crippen LogP contribution in [0.4, 0.5) is 11.4 Å². The van der Waals surface area contributed by atoms with Crippen LogP contribution in [0.25, 0.3) is 33.1 Å². The molecule has 1 aliphatic heterocycles. The van der Waals surface area contributed by atoms with E-state index in [2.05, 4.69) is 138 Å². The van der Waals surface area contributed by atoms with Gasteiger partial charge >= 0.3 is 0 Å². The van der Waals surface area contributed by atoms with E-state index in [1.54, 1.807) is 0 Å². The Balaban J connectivity index is 1.21. The van der Waals surface area contributed by atoms with Crippen molar-refractivity contribution in [1.29, 1.82) is 15.8 Å². The highest BCUT2D eigenvalue weighted by atomic mass is 15.2. The van der Waals surface area contributed by atoms with Gasteiger partial charge in [-0.15, -0.1) is 0 Å². The van der Waals surface area contributed by atoms with Gasteiger partial charge in [0.25, 0.3) is 0 Å². The first kappa shape index (κ1) is 30.2. The Hall–Kier alpha value is -6.87. The Morgan fingerprint density at radius 3 is 2.12 bits per heavy atom. The Labute approximate surface area is 296 Å². The summed E-state index contributed by atoms with van der Waals surface area (Å²) in [6.45, 7) is 2.28. The lowest BCUT2D eigenvalue weighted by Crippen LogP contribution is -2.39. The van der Waals surface area contributed by atoms with Gasteiger partial charge in [0.1, 0.15) is 6.07 Å². The third kappa shape index (κ3) is 4.51. The molecule has 5 aromatic carbocycles. The van der Waals surface area contributed by atoms with Gasteiger partial charge in [-0.05, 0) is 90.7 Å². The lowest BCUT2D eigenvalue weighted by atomic mass is 9.76. The van der Waals surface area contributed by atoms with E-state index in [1.807, 2.05) is 42.5 Å². The average Bonchev–Trinajstić information content (AvgIpc) is 3.65. The molecule has 0 fully saturated rings. The van der Waals surface area contributed by atoms with E-state index in [4.69, 9.17) is 0 Å². The minimum atomic E-state index is -0.212. The van der Waals surface area contributed by atoms with Crippen LogP contribution < -0.4 is 4.90 Å². The highest BCUT2D eigenvalue weighted by Crippen LogP contribution is 2.52. The molecule has 240 valence electrons. The second-order valence-corrected chi connectivity index (χ2v) is 13.6. The number of hydrogen-bond donors (Lipinski definition) is 0. The number of aromatic nitrogens is 1. The lowest BCUT2D eigenvalue weighted by molar-refractivity contribution is 0.550. The summed E-state index contributed by atoms with van der Waals surface area (Å²) >= 11 is 0. The molecule has 3 atom stereocenters. The molecular weight excluding hydrogens is 623 g/mol. The van der Waals surface area contributed by atoms with Crippen LogP contribution in [0.5, 0.6) is 0 Å². The molecule has 5 heteroatoms. The molecule has 3 unspecified atom stereocenters. The molecule has 0 saturated heterocycles. The molecule has 0 saturated carbocycles. The highest BCUT2D eigenvalue weighted by Gasteiger charge is 2.46. The number of benzene rings is 5. The van der Waals surface area contributed by atoms with Gasteiger partial charge in [-0.25, -0.2) is 0 Å². The first-order valence-electron chi connectivity index (χ1n) is 17.2. The number of hydrogen-bond acceptors (Lipinski definition) is 4. The minimum absolute atomic E-state index is 0.0390. The second-order valence-electron chi connectivity index (χ2n) is 13.6. The van der Waals surface area contributed by atoms with Gasteiger partial charge in [0.05, 0.1) is 57.3 Å². The van der Waals surface area contributed by atoms with Crippen LogP contribution in [0.15, 0.2) is 146 Å². The molecule has 9 rings (SSSR count). The van der Waals surface area contributed by atoms with Crippen LogP contribution in [0, 0.1) is 34.0 Å². The summed E-state index contributed by atoms with van der Waals surface area (Å²) in [4.78, 5) is 2.36. The van der Waals surface area contributed by atoms with Crippen molar-refractivity contribution in [2.45, 2.75) is 30.7 Å². The maximum Gasteiger partial charge on any atom is 0.101 e. The molecule has 3 aliphatic rings. The van der Waals surface area contributed by atoms with E-state index in [-0.39, 0.29) is 17.4 Å². The summed E-state index contributed by atoms with van der Waals surface area (Å²) < 4.78 is 2.26. The molecule has 5 nitrogen and oxygen atoms in total. The largest absolute Gasteiger partial charge is 0.332 e. The average molecular weight is 654 g/mol. The third-order valence-corrected chi connectivity index (χ3v) is 10.9. The molecule has 2 aliphatic carbocycles. The fraction of sp³-hybridized carbons (Fsp3) is 0.109. The number of anilines is 2. The van der Waals surface area contributed by atoms with Gasteiger partial charge in [0.2, 0.25) is 0 Å². The SMILES string of the molecule is CC12C=CC=CC1N(c1cc(C3CC=CC=C3c3ccccc3-n3c4ccc(C#N)cc4c4cc(C#N)ccc43)ccc1C#N)c1ccccc12. The standard InChI is InChI=1S/C46H31N5/c1-46-23-9-8-16-45(46)51(43-15-7-5-13-39(43)46)44-26-32(19-20-33(44)29-49)34-10-2-3-11-35(34)36-12-4-6-14-40(36)50-41-21-17-30(27-47)24-37(41)38-25-31(28-48)18-22-42(38)50/h2-9,11-26,34,45H,10H2,1H3. The summed E-state index contributed by atoms with van der Waals surface area (Å²) in [5, 5.41) is 31.8. The zero-order chi connectivity index (χ0) is 34.7. The molecule has 6 aromatic rings. The first-order chi connectivity index (χ1) is 25.0. The number of allylic oxidation sites excluding steroid dienone is 6. The number of rotatable bonds is 4. The van der Waals surface area contributed by atoms with Gasteiger partial charge in [-0.3, -0.25) is 0 Å². The zero-order valence-corrected chi connectivity index (χ0v) is 28.0. The highest BCUT2D eigenvalue weighted by molar-refractivity contribution is 6.10. The van der Waals surface area contributed by atoms with Crippen molar-refractivity contribution in [1.82, 2.24) is 4.57 Å². The van der Waals surface area contributed by atoms with Crippen molar-refractivity contribution >= 4 is 38.8 Å². The number of nitriles is 3. The molecule has 0 amide bonds. The third-order valence-electron chi connectivity index (χ3n) is 10.9. The summed E-state index contributed by atoms with van der Waals surface area (Å²) in [6, 6.07) is 42.1. The zero-order valence-electron chi connectivity index (χ0n) is 28.0. The van der Waals surface area contributed by atoms with Gasteiger partial charge < -0.3 is 9.47 Å². The summed E-state index contributed by atoms with van der Waals surface area (Å²) in [6.07, 6.45) is 16.2. The molecular formula is C46H31N5.